The number of aromatic nitrogens is 3. The third-order valence-corrected chi connectivity index (χ3v) is 7.05. The molecule has 0 fully saturated rings. The van der Waals surface area contributed by atoms with Gasteiger partial charge in [0.25, 0.3) is 0 Å². The summed E-state index contributed by atoms with van der Waals surface area (Å²) in [5, 5.41) is 12.4. The molecule has 0 aliphatic rings. The van der Waals surface area contributed by atoms with Gasteiger partial charge >= 0.3 is 0 Å². The Morgan fingerprint density at radius 3 is 2.27 bits per heavy atom. The number of hydrogen-bond acceptors (Lipinski definition) is 6. The molecule has 0 radical (unpaired) electrons. The fraction of sp³-hybridized carbons (Fsp3) is 0.276. The topological polar surface area (TPSA) is 78.3 Å². The molecule has 0 bridgehead atoms. The van der Waals surface area contributed by atoms with Gasteiger partial charge in [-0.2, -0.15) is 0 Å². The molecular formula is C29H32N4O3S. The second-order valence-corrected chi connectivity index (χ2v) is 9.85. The van der Waals surface area contributed by atoms with Crippen molar-refractivity contribution in [2.75, 3.05) is 20.8 Å². The van der Waals surface area contributed by atoms with Crippen molar-refractivity contribution < 1.29 is 14.3 Å². The largest absolute Gasteiger partial charge is 0.493 e. The number of thioether (sulfide) groups is 1. The minimum Gasteiger partial charge on any atom is -0.493 e. The molecule has 1 atom stereocenters. The van der Waals surface area contributed by atoms with Crippen LogP contribution in [0.2, 0.25) is 0 Å². The third kappa shape index (κ3) is 6.92. The zero-order chi connectivity index (χ0) is 26.0. The summed E-state index contributed by atoms with van der Waals surface area (Å²) in [6.07, 6.45) is 2.30. The molecule has 3 aromatic carbocycles. The number of ether oxygens (including phenoxy) is 2. The summed E-state index contributed by atoms with van der Waals surface area (Å²) in [6.45, 7) is 2.41. The number of rotatable bonds is 12. The lowest BCUT2D eigenvalue weighted by atomic mass is 10.1. The monoisotopic (exact) mass is 516 g/mol. The van der Waals surface area contributed by atoms with Crippen LogP contribution in [-0.2, 0) is 24.1 Å². The van der Waals surface area contributed by atoms with E-state index in [1.165, 1.54) is 17.3 Å². The van der Waals surface area contributed by atoms with Crippen molar-refractivity contribution in [3.05, 3.63) is 95.8 Å². The highest BCUT2D eigenvalue weighted by atomic mass is 32.2. The molecular weight excluding hydrogens is 484 g/mol. The fourth-order valence-corrected chi connectivity index (χ4v) is 4.91. The molecule has 4 rings (SSSR count). The maximum Gasteiger partial charge on any atom is 0.233 e. The summed E-state index contributed by atoms with van der Waals surface area (Å²) in [5.41, 5.74) is 3.30. The van der Waals surface area contributed by atoms with Crippen LogP contribution in [0.15, 0.2) is 84.0 Å². The van der Waals surface area contributed by atoms with Gasteiger partial charge < -0.3 is 14.8 Å². The standard InChI is InChI=1S/C29H32N4O3S/c1-21(28(34)30-19-18-23-14-16-25(35-2)26(20-23)36-3)37-29-32-31-27(17-15-22-10-6-4-7-11-22)33(29)24-12-8-5-9-13-24/h4-14,16,20-21H,15,17-19H2,1-3H3,(H,30,34). The number of amides is 1. The Hall–Kier alpha value is -3.78. The normalized spacial score (nSPS) is 11.6. The highest BCUT2D eigenvalue weighted by Gasteiger charge is 2.21. The molecule has 0 aliphatic carbocycles. The molecule has 192 valence electrons. The number of para-hydroxylation sites is 1. The van der Waals surface area contributed by atoms with Crippen molar-refractivity contribution in [2.45, 2.75) is 36.6 Å². The maximum atomic E-state index is 12.9. The van der Waals surface area contributed by atoms with Crippen LogP contribution in [-0.4, -0.2) is 46.7 Å². The smallest absolute Gasteiger partial charge is 0.233 e. The van der Waals surface area contributed by atoms with Crippen LogP contribution < -0.4 is 14.8 Å². The molecule has 0 saturated heterocycles. The van der Waals surface area contributed by atoms with E-state index in [-0.39, 0.29) is 11.2 Å². The number of aryl methyl sites for hydroxylation is 2. The number of hydrogen-bond donors (Lipinski definition) is 1. The lowest BCUT2D eigenvalue weighted by molar-refractivity contribution is -0.120. The predicted octanol–water partition coefficient (Wildman–Crippen LogP) is 4.91. The second-order valence-electron chi connectivity index (χ2n) is 8.55. The summed E-state index contributed by atoms with van der Waals surface area (Å²) in [7, 11) is 3.23. The SMILES string of the molecule is COc1ccc(CCNC(=O)C(C)Sc2nnc(CCc3ccccc3)n2-c2ccccc2)cc1OC. The molecule has 0 saturated carbocycles. The van der Waals surface area contributed by atoms with Crippen LogP contribution >= 0.6 is 11.8 Å². The minimum atomic E-state index is -0.334. The van der Waals surface area contributed by atoms with E-state index in [2.05, 4.69) is 32.2 Å². The van der Waals surface area contributed by atoms with Crippen LogP contribution in [0.1, 0.15) is 23.9 Å². The minimum absolute atomic E-state index is 0.0427. The molecule has 1 N–H and O–H groups in total. The highest BCUT2D eigenvalue weighted by molar-refractivity contribution is 8.00. The first kappa shape index (κ1) is 26.3. The van der Waals surface area contributed by atoms with E-state index >= 15 is 0 Å². The van der Waals surface area contributed by atoms with Crippen LogP contribution in [0.25, 0.3) is 5.69 Å². The Kier molecular flexibility index (Phi) is 9.21. The van der Waals surface area contributed by atoms with Crippen LogP contribution in [0.3, 0.4) is 0 Å². The van der Waals surface area contributed by atoms with E-state index in [4.69, 9.17) is 9.47 Å². The first-order valence-electron chi connectivity index (χ1n) is 12.3. The van der Waals surface area contributed by atoms with E-state index in [1.54, 1.807) is 14.2 Å². The molecule has 8 heteroatoms. The van der Waals surface area contributed by atoms with Gasteiger partial charge in [0.15, 0.2) is 16.7 Å². The zero-order valence-electron chi connectivity index (χ0n) is 21.4. The number of nitrogens with one attached hydrogen (secondary N) is 1. The summed E-state index contributed by atoms with van der Waals surface area (Å²) in [6, 6.07) is 26.2. The number of nitrogens with zero attached hydrogens (tertiary/aromatic N) is 3. The molecule has 1 amide bonds. The third-order valence-electron chi connectivity index (χ3n) is 6.01. The number of methoxy groups -OCH3 is 2. The quantitative estimate of drug-likeness (QED) is 0.270. The van der Waals surface area contributed by atoms with Gasteiger partial charge in [-0.3, -0.25) is 9.36 Å². The van der Waals surface area contributed by atoms with Crippen molar-refractivity contribution in [1.82, 2.24) is 20.1 Å². The Morgan fingerprint density at radius 1 is 0.865 bits per heavy atom. The lowest BCUT2D eigenvalue weighted by Crippen LogP contribution is -2.32. The van der Waals surface area contributed by atoms with Crippen LogP contribution in [0, 0.1) is 0 Å². The van der Waals surface area contributed by atoms with Crippen LogP contribution in [0.5, 0.6) is 11.5 Å². The molecule has 1 aromatic heterocycles. The molecule has 7 nitrogen and oxygen atoms in total. The number of carbonyl (C=O) groups is 1. The van der Waals surface area contributed by atoms with Crippen molar-refractivity contribution in [1.29, 1.82) is 0 Å². The maximum absolute atomic E-state index is 12.9. The highest BCUT2D eigenvalue weighted by Crippen LogP contribution is 2.28. The Bertz CT molecular complexity index is 1300. The lowest BCUT2D eigenvalue weighted by Gasteiger charge is -2.14. The van der Waals surface area contributed by atoms with Crippen molar-refractivity contribution in [3.63, 3.8) is 0 Å². The van der Waals surface area contributed by atoms with Gasteiger partial charge in [-0.05, 0) is 55.2 Å². The van der Waals surface area contributed by atoms with E-state index in [0.29, 0.717) is 29.6 Å². The molecule has 37 heavy (non-hydrogen) atoms. The number of carbonyl (C=O) groups excluding carboxylic acids is 1. The van der Waals surface area contributed by atoms with Crippen molar-refractivity contribution >= 4 is 17.7 Å². The van der Waals surface area contributed by atoms with Gasteiger partial charge in [0, 0.05) is 18.7 Å². The van der Waals surface area contributed by atoms with Gasteiger partial charge in [0.05, 0.1) is 19.5 Å². The van der Waals surface area contributed by atoms with Gasteiger partial charge in [-0.25, -0.2) is 0 Å². The van der Waals surface area contributed by atoms with Gasteiger partial charge in [0.1, 0.15) is 5.82 Å². The Morgan fingerprint density at radius 2 is 1.57 bits per heavy atom. The first-order chi connectivity index (χ1) is 18.1. The van der Waals surface area contributed by atoms with Crippen LogP contribution in [0.4, 0.5) is 0 Å². The van der Waals surface area contributed by atoms with E-state index in [1.807, 2.05) is 73.7 Å². The molecule has 0 spiro atoms. The second kappa shape index (κ2) is 13.0. The van der Waals surface area contributed by atoms with Crippen molar-refractivity contribution in [3.8, 4) is 17.2 Å². The predicted molar refractivity (Wildman–Crippen MR) is 147 cm³/mol. The van der Waals surface area contributed by atoms with E-state index in [9.17, 15) is 4.79 Å². The van der Waals surface area contributed by atoms with Gasteiger partial charge in [-0.15, -0.1) is 10.2 Å². The van der Waals surface area contributed by atoms with E-state index < -0.39 is 0 Å². The summed E-state index contributed by atoms with van der Waals surface area (Å²) in [5.74, 6) is 2.20. The zero-order valence-corrected chi connectivity index (χ0v) is 22.2. The average Bonchev–Trinajstić information content (AvgIpc) is 3.34. The fourth-order valence-electron chi connectivity index (χ4n) is 4.00. The first-order valence-corrected chi connectivity index (χ1v) is 13.2. The van der Waals surface area contributed by atoms with Gasteiger partial charge in [-0.1, -0.05) is 66.4 Å². The molecule has 4 aromatic rings. The Balaban J connectivity index is 1.40. The average molecular weight is 517 g/mol. The molecule has 1 unspecified atom stereocenters. The van der Waals surface area contributed by atoms with Gasteiger partial charge in [0.2, 0.25) is 5.91 Å². The Labute approximate surface area is 222 Å². The molecule has 0 aliphatic heterocycles. The summed E-state index contributed by atoms with van der Waals surface area (Å²) >= 11 is 1.41. The number of benzene rings is 3. The molecule has 1 heterocycles. The van der Waals surface area contributed by atoms with Crippen molar-refractivity contribution in [2.24, 2.45) is 0 Å². The summed E-state index contributed by atoms with van der Waals surface area (Å²) in [4.78, 5) is 12.9. The summed E-state index contributed by atoms with van der Waals surface area (Å²) < 4.78 is 12.7. The van der Waals surface area contributed by atoms with E-state index in [0.717, 1.165) is 29.9 Å².